The zero-order chi connectivity index (χ0) is 17.2. The third kappa shape index (κ3) is 3.81. The van der Waals surface area contributed by atoms with Crippen molar-refractivity contribution in [1.82, 2.24) is 14.9 Å². The van der Waals surface area contributed by atoms with Crippen LogP contribution >= 0.6 is 0 Å². The van der Waals surface area contributed by atoms with Crippen LogP contribution in [0.25, 0.3) is 0 Å². The molecule has 0 aromatic carbocycles. The van der Waals surface area contributed by atoms with Gasteiger partial charge in [0.05, 0.1) is 25.1 Å². The first-order valence-corrected chi connectivity index (χ1v) is 7.28. The first-order chi connectivity index (χ1) is 11.4. The molecule has 0 aliphatic carbocycles. The molecule has 8 heteroatoms. The Kier molecular flexibility index (Phi) is 4.37. The largest absolute Gasteiger partial charge is 0.471 e. The lowest BCUT2D eigenvalue weighted by Gasteiger charge is -2.38. The van der Waals surface area contributed by atoms with Gasteiger partial charge in [0, 0.05) is 24.7 Å². The fraction of sp³-hybridized carbons (Fsp3) is 0.312. The highest BCUT2D eigenvalue weighted by molar-refractivity contribution is 5.79. The zero-order valence-corrected chi connectivity index (χ0v) is 12.5. The number of pyridine rings is 2. The first kappa shape index (κ1) is 16.2. The van der Waals surface area contributed by atoms with Gasteiger partial charge in [0.1, 0.15) is 6.10 Å². The molecule has 0 atom stereocenters. The van der Waals surface area contributed by atoms with Crippen molar-refractivity contribution in [2.45, 2.75) is 18.7 Å². The van der Waals surface area contributed by atoms with Crippen LogP contribution in [0.15, 0.2) is 42.9 Å². The molecule has 5 nitrogen and oxygen atoms in total. The normalized spacial score (nSPS) is 15.0. The first-order valence-electron chi connectivity index (χ1n) is 7.28. The molecule has 0 radical (unpaired) electrons. The van der Waals surface area contributed by atoms with Crippen LogP contribution < -0.4 is 4.74 Å². The topological polar surface area (TPSA) is 55.3 Å². The van der Waals surface area contributed by atoms with Gasteiger partial charge in [0.15, 0.2) is 0 Å². The SMILES string of the molecule is O=C(Cc1cccnc1)N1CC(Oc2cc(C(F)(F)F)ccn2)C1. The molecule has 0 saturated carbocycles. The summed E-state index contributed by atoms with van der Waals surface area (Å²) in [5.41, 5.74) is 0.00254. The fourth-order valence-corrected chi connectivity index (χ4v) is 2.33. The van der Waals surface area contributed by atoms with Crippen LogP contribution in [-0.2, 0) is 17.4 Å². The summed E-state index contributed by atoms with van der Waals surface area (Å²) in [7, 11) is 0. The Labute approximate surface area is 136 Å². The molecule has 24 heavy (non-hydrogen) atoms. The molecule has 0 bridgehead atoms. The third-order valence-corrected chi connectivity index (χ3v) is 3.63. The van der Waals surface area contributed by atoms with Gasteiger partial charge in [-0.3, -0.25) is 9.78 Å². The Hall–Kier alpha value is -2.64. The molecule has 3 rings (SSSR count). The van der Waals surface area contributed by atoms with Gasteiger partial charge >= 0.3 is 6.18 Å². The van der Waals surface area contributed by atoms with Crippen molar-refractivity contribution in [2.24, 2.45) is 0 Å². The number of nitrogens with zero attached hydrogens (tertiary/aromatic N) is 3. The smallest absolute Gasteiger partial charge is 0.416 e. The number of aromatic nitrogens is 2. The molecular weight excluding hydrogens is 323 g/mol. The van der Waals surface area contributed by atoms with Gasteiger partial charge in [0.2, 0.25) is 11.8 Å². The maximum Gasteiger partial charge on any atom is 0.416 e. The lowest BCUT2D eigenvalue weighted by Crippen LogP contribution is -2.56. The second-order valence-electron chi connectivity index (χ2n) is 5.46. The molecule has 1 amide bonds. The summed E-state index contributed by atoms with van der Waals surface area (Å²) in [5.74, 6) is -0.158. The summed E-state index contributed by atoms with van der Waals surface area (Å²) < 4.78 is 43.3. The molecule has 1 saturated heterocycles. The monoisotopic (exact) mass is 337 g/mol. The van der Waals surface area contributed by atoms with Crippen LogP contribution in [0.5, 0.6) is 5.88 Å². The van der Waals surface area contributed by atoms with E-state index in [1.807, 2.05) is 6.07 Å². The maximum absolute atomic E-state index is 12.6. The van der Waals surface area contributed by atoms with Gasteiger partial charge in [-0.1, -0.05) is 6.07 Å². The molecular formula is C16H14F3N3O2. The molecule has 0 unspecified atom stereocenters. The number of carbonyl (C=O) groups is 1. The molecule has 1 aliphatic heterocycles. The standard InChI is InChI=1S/C16H14F3N3O2/c17-16(18,19)12-3-5-21-14(7-12)24-13-9-22(10-13)15(23)6-11-2-1-4-20-8-11/h1-5,7-8,13H,6,9-10H2. The van der Waals surface area contributed by atoms with Crippen molar-refractivity contribution >= 4 is 5.91 Å². The maximum atomic E-state index is 12.6. The Morgan fingerprint density at radius 3 is 2.75 bits per heavy atom. The fourth-order valence-electron chi connectivity index (χ4n) is 2.33. The number of carbonyl (C=O) groups excluding carboxylic acids is 1. The van der Waals surface area contributed by atoms with Crippen molar-refractivity contribution in [1.29, 1.82) is 0 Å². The molecule has 2 aromatic heterocycles. The number of halogens is 3. The van der Waals surface area contributed by atoms with E-state index in [2.05, 4.69) is 9.97 Å². The number of hydrogen-bond acceptors (Lipinski definition) is 4. The van der Waals surface area contributed by atoms with Gasteiger partial charge in [-0.2, -0.15) is 13.2 Å². The van der Waals surface area contributed by atoms with Crippen LogP contribution in [0.4, 0.5) is 13.2 Å². The van der Waals surface area contributed by atoms with Crippen molar-refractivity contribution in [3.63, 3.8) is 0 Å². The summed E-state index contributed by atoms with van der Waals surface area (Å²) in [6, 6.07) is 5.31. The Balaban J connectivity index is 1.51. The highest BCUT2D eigenvalue weighted by atomic mass is 19.4. The lowest BCUT2D eigenvalue weighted by molar-refractivity contribution is -0.139. The Morgan fingerprint density at radius 2 is 2.08 bits per heavy atom. The Morgan fingerprint density at radius 1 is 1.29 bits per heavy atom. The highest BCUT2D eigenvalue weighted by Crippen LogP contribution is 2.31. The summed E-state index contributed by atoms with van der Waals surface area (Å²) in [6.07, 6.45) is -0.239. The highest BCUT2D eigenvalue weighted by Gasteiger charge is 2.34. The summed E-state index contributed by atoms with van der Waals surface area (Å²) in [4.78, 5) is 21.4. The van der Waals surface area contributed by atoms with Gasteiger partial charge in [-0.15, -0.1) is 0 Å². The third-order valence-electron chi connectivity index (χ3n) is 3.63. The van der Waals surface area contributed by atoms with Gasteiger partial charge in [0.25, 0.3) is 0 Å². The molecule has 1 fully saturated rings. The quantitative estimate of drug-likeness (QED) is 0.859. The van der Waals surface area contributed by atoms with Crippen molar-refractivity contribution in [3.05, 3.63) is 54.0 Å². The predicted octanol–water partition coefficient (Wildman–Crippen LogP) is 2.33. The van der Waals surface area contributed by atoms with Crippen LogP contribution in [-0.4, -0.2) is 40.0 Å². The van der Waals surface area contributed by atoms with Crippen molar-refractivity contribution in [3.8, 4) is 5.88 Å². The summed E-state index contributed by atoms with van der Waals surface area (Å²) >= 11 is 0. The number of ether oxygens (including phenoxy) is 1. The van der Waals surface area contributed by atoms with Gasteiger partial charge < -0.3 is 9.64 Å². The van der Waals surface area contributed by atoms with E-state index in [-0.39, 0.29) is 24.3 Å². The van der Waals surface area contributed by atoms with Crippen molar-refractivity contribution < 1.29 is 22.7 Å². The van der Waals surface area contributed by atoms with E-state index in [9.17, 15) is 18.0 Å². The van der Waals surface area contributed by atoms with Crippen LogP contribution in [0.3, 0.4) is 0 Å². The molecule has 0 N–H and O–H groups in total. The minimum atomic E-state index is -4.44. The molecule has 2 aromatic rings. The predicted molar refractivity (Wildman–Crippen MR) is 78.2 cm³/mol. The van der Waals surface area contributed by atoms with E-state index < -0.39 is 11.7 Å². The second kappa shape index (κ2) is 6.46. The van der Waals surface area contributed by atoms with E-state index in [1.54, 1.807) is 23.4 Å². The van der Waals surface area contributed by atoms with Crippen LogP contribution in [0.1, 0.15) is 11.1 Å². The second-order valence-corrected chi connectivity index (χ2v) is 5.46. The minimum Gasteiger partial charge on any atom is -0.471 e. The Bertz CT molecular complexity index is 716. The molecule has 126 valence electrons. The summed E-state index contributed by atoms with van der Waals surface area (Å²) in [6.45, 7) is 0.661. The number of likely N-dealkylation sites (tertiary alicyclic amines) is 1. The molecule has 3 heterocycles. The van der Waals surface area contributed by atoms with E-state index in [1.165, 1.54) is 0 Å². The van der Waals surface area contributed by atoms with E-state index >= 15 is 0 Å². The minimum absolute atomic E-state index is 0.0696. The average Bonchev–Trinajstić information content (AvgIpc) is 2.51. The number of alkyl halides is 3. The van der Waals surface area contributed by atoms with E-state index in [4.69, 9.17) is 4.74 Å². The van der Waals surface area contributed by atoms with Gasteiger partial charge in [-0.25, -0.2) is 4.98 Å². The van der Waals surface area contributed by atoms with E-state index in [0.717, 1.165) is 23.9 Å². The summed E-state index contributed by atoms with van der Waals surface area (Å²) in [5, 5.41) is 0. The van der Waals surface area contributed by atoms with Crippen LogP contribution in [0, 0.1) is 0 Å². The van der Waals surface area contributed by atoms with Gasteiger partial charge in [-0.05, 0) is 17.7 Å². The number of amides is 1. The average molecular weight is 337 g/mol. The van der Waals surface area contributed by atoms with Crippen LogP contribution in [0.2, 0.25) is 0 Å². The molecule has 0 spiro atoms. The zero-order valence-electron chi connectivity index (χ0n) is 12.5. The number of rotatable bonds is 4. The van der Waals surface area contributed by atoms with E-state index in [0.29, 0.717) is 13.1 Å². The molecule has 1 aliphatic rings. The number of hydrogen-bond donors (Lipinski definition) is 0. The van der Waals surface area contributed by atoms with Crippen molar-refractivity contribution in [2.75, 3.05) is 13.1 Å². The lowest BCUT2D eigenvalue weighted by atomic mass is 10.1.